The molecule has 3 heteroatoms. The van der Waals surface area contributed by atoms with Gasteiger partial charge < -0.3 is 4.42 Å². The second kappa shape index (κ2) is 4.65. The van der Waals surface area contributed by atoms with Crippen LogP contribution in [0.5, 0.6) is 0 Å². The first-order valence-corrected chi connectivity index (χ1v) is 7.52. The summed E-state index contributed by atoms with van der Waals surface area (Å²) in [5, 5.41) is 3.31. The summed E-state index contributed by atoms with van der Waals surface area (Å²) in [5.74, 6) is 0. The Morgan fingerprint density at radius 1 is 0.739 bits per heavy atom. The third-order valence-electron chi connectivity index (χ3n) is 4.14. The van der Waals surface area contributed by atoms with Gasteiger partial charge in [0, 0.05) is 27.9 Å². The van der Waals surface area contributed by atoms with Crippen LogP contribution in [0.1, 0.15) is 0 Å². The Morgan fingerprint density at radius 3 is 2.65 bits per heavy atom. The molecule has 23 heavy (non-hydrogen) atoms. The van der Waals surface area contributed by atoms with Crippen LogP contribution < -0.4 is 0 Å². The summed E-state index contributed by atoms with van der Waals surface area (Å²) < 4.78 is 5.96. The number of furan rings is 1. The second-order valence-electron chi connectivity index (χ2n) is 5.56. The summed E-state index contributed by atoms with van der Waals surface area (Å²) >= 11 is 0. The van der Waals surface area contributed by atoms with Gasteiger partial charge in [0.2, 0.25) is 0 Å². The third kappa shape index (κ3) is 1.90. The zero-order valence-corrected chi connectivity index (χ0v) is 12.2. The van der Waals surface area contributed by atoms with Crippen LogP contribution in [0.25, 0.3) is 44.2 Å². The summed E-state index contributed by atoms with van der Waals surface area (Å²) in [6.45, 7) is 0. The van der Waals surface area contributed by atoms with E-state index in [2.05, 4.69) is 28.2 Å². The van der Waals surface area contributed by atoms with Gasteiger partial charge in [-0.2, -0.15) is 0 Å². The molecule has 0 N–H and O–H groups in total. The van der Waals surface area contributed by atoms with E-state index in [0.29, 0.717) is 0 Å². The minimum atomic E-state index is 0.759. The molecule has 2 aromatic carbocycles. The second-order valence-corrected chi connectivity index (χ2v) is 5.56. The predicted octanol–water partition coefficient (Wildman–Crippen LogP) is 5.20. The summed E-state index contributed by atoms with van der Waals surface area (Å²) in [6.07, 6.45) is 1.77. The lowest BCUT2D eigenvalue weighted by Gasteiger charge is -2.02. The van der Waals surface area contributed by atoms with Crippen molar-refractivity contribution in [1.82, 2.24) is 9.97 Å². The van der Waals surface area contributed by atoms with E-state index in [4.69, 9.17) is 4.42 Å². The highest BCUT2D eigenvalue weighted by molar-refractivity contribution is 6.05. The molecule has 3 nitrogen and oxygen atoms in total. The molecule has 0 radical (unpaired) electrons. The molecule has 0 saturated carbocycles. The summed E-state index contributed by atoms with van der Waals surface area (Å²) in [5.41, 5.74) is 4.48. The quantitative estimate of drug-likeness (QED) is 0.427. The van der Waals surface area contributed by atoms with E-state index in [0.717, 1.165) is 44.2 Å². The molecule has 5 rings (SSSR count). The van der Waals surface area contributed by atoms with Crippen molar-refractivity contribution >= 4 is 33.0 Å². The highest BCUT2D eigenvalue weighted by Gasteiger charge is 2.09. The lowest BCUT2D eigenvalue weighted by atomic mass is 10.1. The normalized spacial score (nSPS) is 11.5. The van der Waals surface area contributed by atoms with Crippen molar-refractivity contribution in [3.05, 3.63) is 72.9 Å². The summed E-state index contributed by atoms with van der Waals surface area (Å²) in [7, 11) is 0. The topological polar surface area (TPSA) is 38.9 Å². The molecule has 0 aliphatic rings. The number of fused-ring (bicyclic) bond motifs is 4. The maximum Gasteiger partial charge on any atom is 0.159 e. The lowest BCUT2D eigenvalue weighted by Crippen LogP contribution is -1.87. The Morgan fingerprint density at radius 2 is 1.65 bits per heavy atom. The van der Waals surface area contributed by atoms with Crippen molar-refractivity contribution in [3.63, 3.8) is 0 Å². The maximum absolute atomic E-state index is 5.96. The van der Waals surface area contributed by atoms with Crippen molar-refractivity contribution in [2.24, 2.45) is 0 Å². The number of pyridine rings is 2. The van der Waals surface area contributed by atoms with Gasteiger partial charge in [-0.3, -0.25) is 0 Å². The molecule has 0 atom stereocenters. The fourth-order valence-electron chi connectivity index (χ4n) is 3.00. The van der Waals surface area contributed by atoms with Crippen molar-refractivity contribution < 1.29 is 4.42 Å². The average Bonchev–Trinajstić information content (AvgIpc) is 2.99. The SMILES string of the molecule is c1cnc2nc(-c3ccc4c(c3)oc3ccccc34)ccc2c1. The molecule has 3 aromatic heterocycles. The number of rotatable bonds is 1. The van der Waals surface area contributed by atoms with Gasteiger partial charge in [-0.1, -0.05) is 24.3 Å². The van der Waals surface area contributed by atoms with E-state index in [1.54, 1.807) is 6.20 Å². The number of para-hydroxylation sites is 1. The van der Waals surface area contributed by atoms with Crippen molar-refractivity contribution in [1.29, 1.82) is 0 Å². The predicted molar refractivity (Wildman–Crippen MR) is 92.3 cm³/mol. The smallest absolute Gasteiger partial charge is 0.159 e. The Bertz CT molecular complexity index is 1170. The monoisotopic (exact) mass is 296 g/mol. The zero-order valence-electron chi connectivity index (χ0n) is 12.2. The van der Waals surface area contributed by atoms with Gasteiger partial charge in [0.1, 0.15) is 11.2 Å². The molecule has 0 amide bonds. The van der Waals surface area contributed by atoms with Crippen molar-refractivity contribution in [3.8, 4) is 11.3 Å². The van der Waals surface area contributed by atoms with Crippen LogP contribution in [0.4, 0.5) is 0 Å². The highest BCUT2D eigenvalue weighted by Crippen LogP contribution is 2.31. The van der Waals surface area contributed by atoms with Gasteiger partial charge >= 0.3 is 0 Å². The fraction of sp³-hybridized carbons (Fsp3) is 0. The standard InChI is InChI=1S/C20H12N2O/c1-2-6-18-15(5-1)16-9-7-14(12-19(16)23-18)17-10-8-13-4-3-11-21-20(13)22-17/h1-12H. The van der Waals surface area contributed by atoms with Crippen molar-refractivity contribution in [2.75, 3.05) is 0 Å². The van der Waals surface area contributed by atoms with E-state index in [1.165, 1.54) is 0 Å². The van der Waals surface area contributed by atoms with Gasteiger partial charge in [0.05, 0.1) is 5.69 Å². The van der Waals surface area contributed by atoms with Crippen LogP contribution in [0.3, 0.4) is 0 Å². The molecule has 108 valence electrons. The minimum absolute atomic E-state index is 0.759. The molecule has 0 aliphatic carbocycles. The zero-order chi connectivity index (χ0) is 15.2. The summed E-state index contributed by atoms with van der Waals surface area (Å²) in [4.78, 5) is 8.98. The Kier molecular flexibility index (Phi) is 2.50. The molecule has 0 unspecified atom stereocenters. The van der Waals surface area contributed by atoms with Crippen molar-refractivity contribution in [2.45, 2.75) is 0 Å². The molecule has 3 heterocycles. The van der Waals surface area contributed by atoms with Crippen LogP contribution in [0.2, 0.25) is 0 Å². The van der Waals surface area contributed by atoms with Gasteiger partial charge in [0.15, 0.2) is 5.65 Å². The number of hydrogen-bond acceptors (Lipinski definition) is 3. The average molecular weight is 296 g/mol. The maximum atomic E-state index is 5.96. The molecule has 0 aliphatic heterocycles. The van der Waals surface area contributed by atoms with Crippen LogP contribution >= 0.6 is 0 Å². The number of nitrogens with zero attached hydrogens (tertiary/aromatic N) is 2. The highest BCUT2D eigenvalue weighted by atomic mass is 16.3. The van der Waals surface area contributed by atoms with E-state index in [-0.39, 0.29) is 0 Å². The molecule has 0 fully saturated rings. The van der Waals surface area contributed by atoms with Gasteiger partial charge in [-0.05, 0) is 42.5 Å². The lowest BCUT2D eigenvalue weighted by molar-refractivity contribution is 0.669. The largest absolute Gasteiger partial charge is 0.456 e. The molecular formula is C20H12N2O. The minimum Gasteiger partial charge on any atom is -0.456 e. The first-order chi connectivity index (χ1) is 11.4. The van der Waals surface area contributed by atoms with E-state index in [1.807, 2.05) is 48.5 Å². The first kappa shape index (κ1) is 12.4. The Hall–Kier alpha value is -3.20. The van der Waals surface area contributed by atoms with E-state index in [9.17, 15) is 0 Å². The summed E-state index contributed by atoms with van der Waals surface area (Å²) in [6, 6.07) is 22.3. The van der Waals surface area contributed by atoms with Gasteiger partial charge in [-0.25, -0.2) is 9.97 Å². The van der Waals surface area contributed by atoms with Crippen LogP contribution in [0.15, 0.2) is 77.3 Å². The number of hydrogen-bond donors (Lipinski definition) is 0. The molecule has 5 aromatic rings. The van der Waals surface area contributed by atoms with Gasteiger partial charge in [-0.15, -0.1) is 0 Å². The first-order valence-electron chi connectivity index (χ1n) is 7.52. The van der Waals surface area contributed by atoms with E-state index < -0.39 is 0 Å². The fourth-order valence-corrected chi connectivity index (χ4v) is 3.00. The third-order valence-corrected chi connectivity index (χ3v) is 4.14. The van der Waals surface area contributed by atoms with Crippen LogP contribution in [0, 0.1) is 0 Å². The van der Waals surface area contributed by atoms with E-state index >= 15 is 0 Å². The number of aromatic nitrogens is 2. The molecule has 0 bridgehead atoms. The van der Waals surface area contributed by atoms with Gasteiger partial charge in [0.25, 0.3) is 0 Å². The number of benzene rings is 2. The molecular weight excluding hydrogens is 284 g/mol. The molecule has 0 spiro atoms. The molecule has 0 saturated heterocycles. The Balaban J connectivity index is 1.73. The van der Waals surface area contributed by atoms with Crippen LogP contribution in [-0.2, 0) is 0 Å². The Labute approximate surface area is 132 Å². The van der Waals surface area contributed by atoms with Crippen LogP contribution in [-0.4, -0.2) is 9.97 Å².